The molecule has 0 aromatic carbocycles. The molecule has 0 unspecified atom stereocenters. The Balaban J connectivity index is 2.68. The fourth-order valence-electron chi connectivity index (χ4n) is 1.65. The second-order valence-electron chi connectivity index (χ2n) is 3.03. The van der Waals surface area contributed by atoms with Crippen LogP contribution in [0.5, 0.6) is 0 Å². The van der Waals surface area contributed by atoms with Crippen LogP contribution >= 0.6 is 0 Å². The molecule has 11 heavy (non-hydrogen) atoms. The first kappa shape index (κ1) is 6.58. The van der Waals surface area contributed by atoms with Gasteiger partial charge in [0.25, 0.3) is 5.56 Å². The lowest BCUT2D eigenvalue weighted by atomic mass is 10.1. The van der Waals surface area contributed by atoms with Crippen LogP contribution in [0.1, 0.15) is 30.5 Å². The number of nitrogens with one attached hydrogen (secondary N) is 1. The van der Waals surface area contributed by atoms with Crippen molar-refractivity contribution in [3.05, 3.63) is 27.9 Å². The highest BCUT2D eigenvalue weighted by atomic mass is 16.1. The number of fused-ring (bicyclic) bond motifs is 1. The number of nitrogens with zero attached hydrogens (tertiary/aromatic N) is 1. The maximum atomic E-state index is 11.2. The highest BCUT2D eigenvalue weighted by Crippen LogP contribution is 2.27. The summed E-state index contributed by atoms with van der Waals surface area (Å²) in [4.78, 5) is 17.9. The highest BCUT2D eigenvalue weighted by Gasteiger charge is 2.22. The molecule has 58 valence electrons. The van der Waals surface area contributed by atoms with Crippen LogP contribution in [0.4, 0.5) is 0 Å². The van der Waals surface area contributed by atoms with Gasteiger partial charge in [0.05, 0.1) is 12.0 Å². The highest BCUT2D eigenvalue weighted by molar-refractivity contribution is 5.25. The molecule has 0 aliphatic heterocycles. The third kappa shape index (κ3) is 0.878. The van der Waals surface area contributed by atoms with Crippen LogP contribution < -0.4 is 5.56 Å². The zero-order chi connectivity index (χ0) is 7.84. The van der Waals surface area contributed by atoms with Gasteiger partial charge in [-0.2, -0.15) is 0 Å². The van der Waals surface area contributed by atoms with Crippen LogP contribution in [-0.4, -0.2) is 9.97 Å². The molecule has 1 N–H and O–H groups in total. The summed E-state index contributed by atoms with van der Waals surface area (Å²) in [5.74, 6) is 0.391. The summed E-state index contributed by atoms with van der Waals surface area (Å²) < 4.78 is 0. The molecule has 0 fully saturated rings. The Bertz CT molecular complexity index is 329. The van der Waals surface area contributed by atoms with Gasteiger partial charge in [-0.25, -0.2) is 4.98 Å². The molecule has 1 aliphatic carbocycles. The van der Waals surface area contributed by atoms with Crippen molar-refractivity contribution in [3.8, 4) is 0 Å². The predicted octanol–water partition coefficient (Wildman–Crippen LogP) is 0.820. The minimum absolute atomic E-state index is 0.0417. The Labute approximate surface area is 64.5 Å². The van der Waals surface area contributed by atoms with E-state index in [0.717, 1.165) is 24.1 Å². The number of H-pyrrole nitrogens is 1. The predicted molar refractivity (Wildman–Crippen MR) is 41.6 cm³/mol. The third-order valence-corrected chi connectivity index (χ3v) is 2.28. The Morgan fingerprint density at radius 1 is 1.73 bits per heavy atom. The average Bonchev–Trinajstić information content (AvgIpc) is 2.34. The lowest BCUT2D eigenvalue weighted by Gasteiger charge is -1.99. The lowest BCUT2D eigenvalue weighted by molar-refractivity contribution is 0.741. The molecule has 2 rings (SSSR count). The van der Waals surface area contributed by atoms with E-state index in [9.17, 15) is 4.79 Å². The summed E-state index contributed by atoms with van der Waals surface area (Å²) >= 11 is 0. The zero-order valence-corrected chi connectivity index (χ0v) is 6.42. The standard InChI is InChI=1S/C8H10N2O/c1-5-2-3-6-7(5)8(11)10-4-9-6/h4-5H,2-3H2,1H3,(H,9,10,11)/t5-/m1/s1. The number of hydrogen-bond donors (Lipinski definition) is 1. The minimum atomic E-state index is 0.0417. The molecule has 0 saturated carbocycles. The third-order valence-electron chi connectivity index (χ3n) is 2.28. The quantitative estimate of drug-likeness (QED) is 0.595. The van der Waals surface area contributed by atoms with Gasteiger partial charge in [0.1, 0.15) is 0 Å². The first-order valence-electron chi connectivity index (χ1n) is 3.85. The summed E-state index contributed by atoms with van der Waals surface area (Å²) in [5, 5.41) is 0. The second-order valence-corrected chi connectivity index (χ2v) is 3.03. The van der Waals surface area contributed by atoms with Crippen LogP contribution in [0.25, 0.3) is 0 Å². The summed E-state index contributed by atoms with van der Waals surface area (Å²) in [6.45, 7) is 2.07. The van der Waals surface area contributed by atoms with Gasteiger partial charge in [0, 0.05) is 5.56 Å². The summed E-state index contributed by atoms with van der Waals surface area (Å²) in [5.41, 5.74) is 1.92. The minimum Gasteiger partial charge on any atom is -0.313 e. The maximum Gasteiger partial charge on any atom is 0.254 e. The topological polar surface area (TPSA) is 45.8 Å². The van der Waals surface area contributed by atoms with E-state index in [-0.39, 0.29) is 5.56 Å². The second kappa shape index (κ2) is 2.19. The van der Waals surface area contributed by atoms with E-state index in [1.165, 1.54) is 6.33 Å². The van der Waals surface area contributed by atoms with E-state index in [1.807, 2.05) is 0 Å². The fraction of sp³-hybridized carbons (Fsp3) is 0.500. The van der Waals surface area contributed by atoms with Gasteiger partial charge in [-0.05, 0) is 18.8 Å². The van der Waals surface area contributed by atoms with Crippen molar-refractivity contribution in [2.45, 2.75) is 25.7 Å². The fourth-order valence-corrected chi connectivity index (χ4v) is 1.65. The molecular formula is C8H10N2O. The van der Waals surface area contributed by atoms with Crippen LogP contribution in [0, 0.1) is 0 Å². The SMILES string of the molecule is C[C@@H]1CCc2nc[nH]c(=O)c21. The van der Waals surface area contributed by atoms with E-state index >= 15 is 0 Å². The monoisotopic (exact) mass is 150 g/mol. The van der Waals surface area contributed by atoms with Crippen LogP contribution in [-0.2, 0) is 6.42 Å². The molecule has 1 atom stereocenters. The molecule has 0 amide bonds. The molecule has 1 aromatic rings. The van der Waals surface area contributed by atoms with Crippen molar-refractivity contribution in [1.82, 2.24) is 9.97 Å². The molecule has 0 spiro atoms. The van der Waals surface area contributed by atoms with E-state index in [2.05, 4.69) is 16.9 Å². The van der Waals surface area contributed by atoms with Crippen molar-refractivity contribution in [2.24, 2.45) is 0 Å². The number of rotatable bonds is 0. The van der Waals surface area contributed by atoms with E-state index in [1.54, 1.807) is 0 Å². The van der Waals surface area contributed by atoms with Gasteiger partial charge in [-0.1, -0.05) is 6.92 Å². The van der Waals surface area contributed by atoms with Crippen molar-refractivity contribution in [1.29, 1.82) is 0 Å². The van der Waals surface area contributed by atoms with Gasteiger partial charge in [0.2, 0.25) is 0 Å². The van der Waals surface area contributed by atoms with E-state index in [4.69, 9.17) is 0 Å². The normalized spacial score (nSPS) is 21.7. The van der Waals surface area contributed by atoms with Crippen molar-refractivity contribution in [3.63, 3.8) is 0 Å². The molecule has 0 saturated heterocycles. The first-order valence-corrected chi connectivity index (χ1v) is 3.85. The molecule has 3 heteroatoms. The van der Waals surface area contributed by atoms with Crippen LogP contribution in [0.3, 0.4) is 0 Å². The Morgan fingerprint density at radius 3 is 3.27 bits per heavy atom. The van der Waals surface area contributed by atoms with Crippen LogP contribution in [0.2, 0.25) is 0 Å². The number of hydrogen-bond acceptors (Lipinski definition) is 2. The zero-order valence-electron chi connectivity index (χ0n) is 6.42. The lowest BCUT2D eigenvalue weighted by Crippen LogP contribution is -2.13. The van der Waals surface area contributed by atoms with E-state index < -0.39 is 0 Å². The van der Waals surface area contributed by atoms with Crippen molar-refractivity contribution >= 4 is 0 Å². The molecule has 1 aliphatic rings. The molecular weight excluding hydrogens is 140 g/mol. The number of aromatic nitrogens is 2. The molecule has 0 radical (unpaired) electrons. The average molecular weight is 150 g/mol. The van der Waals surface area contributed by atoms with Crippen molar-refractivity contribution in [2.75, 3.05) is 0 Å². The largest absolute Gasteiger partial charge is 0.313 e. The van der Waals surface area contributed by atoms with E-state index in [0.29, 0.717) is 5.92 Å². The molecule has 1 heterocycles. The first-order chi connectivity index (χ1) is 5.29. The molecule has 0 bridgehead atoms. The van der Waals surface area contributed by atoms with Crippen LogP contribution in [0.15, 0.2) is 11.1 Å². The summed E-state index contributed by atoms with van der Waals surface area (Å²) in [6.07, 6.45) is 3.51. The Hall–Kier alpha value is -1.12. The number of aryl methyl sites for hydroxylation is 1. The molecule has 3 nitrogen and oxygen atoms in total. The maximum absolute atomic E-state index is 11.2. The van der Waals surface area contributed by atoms with Gasteiger partial charge in [0.15, 0.2) is 0 Å². The van der Waals surface area contributed by atoms with Gasteiger partial charge >= 0.3 is 0 Å². The Morgan fingerprint density at radius 2 is 2.55 bits per heavy atom. The number of aromatic amines is 1. The summed E-state index contributed by atoms with van der Waals surface area (Å²) in [6, 6.07) is 0. The smallest absolute Gasteiger partial charge is 0.254 e. The van der Waals surface area contributed by atoms with Gasteiger partial charge < -0.3 is 4.98 Å². The summed E-state index contributed by atoms with van der Waals surface area (Å²) in [7, 11) is 0. The van der Waals surface area contributed by atoms with Crippen molar-refractivity contribution < 1.29 is 0 Å². The Kier molecular flexibility index (Phi) is 1.31. The van der Waals surface area contributed by atoms with Gasteiger partial charge in [-0.3, -0.25) is 4.79 Å². The molecule has 1 aromatic heterocycles. The van der Waals surface area contributed by atoms with Gasteiger partial charge in [-0.15, -0.1) is 0 Å².